The number of aryl methyl sites for hydroxylation is 1. The molecule has 0 saturated carbocycles. The minimum atomic E-state index is 0.302. The molecule has 0 saturated heterocycles. The van der Waals surface area contributed by atoms with Crippen LogP contribution in [-0.4, -0.2) is 21.3 Å². The van der Waals surface area contributed by atoms with Crippen molar-refractivity contribution in [1.82, 2.24) is 14.8 Å². The number of nitrogens with one attached hydrogen (secondary N) is 1. The highest BCUT2D eigenvalue weighted by molar-refractivity contribution is 5.34. The van der Waals surface area contributed by atoms with Gasteiger partial charge in [-0.1, -0.05) is 43.7 Å². The first kappa shape index (κ1) is 12.2. The van der Waals surface area contributed by atoms with E-state index in [2.05, 4.69) is 60.4 Å². The summed E-state index contributed by atoms with van der Waals surface area (Å²) in [7, 11) is 0. The fourth-order valence-corrected chi connectivity index (χ4v) is 2.55. The van der Waals surface area contributed by atoms with Crippen molar-refractivity contribution in [3.8, 4) is 0 Å². The predicted molar refractivity (Wildman–Crippen MR) is 76.5 cm³/mol. The minimum Gasteiger partial charge on any atom is -0.354 e. The van der Waals surface area contributed by atoms with E-state index >= 15 is 0 Å². The van der Waals surface area contributed by atoms with Crippen LogP contribution in [0.15, 0.2) is 24.3 Å². The Morgan fingerprint density at radius 2 is 2.21 bits per heavy atom. The molecule has 1 atom stereocenters. The SMILES string of the molecule is Cc1cccc(C2CCNc3nc(C(C)C)nn32)c1. The van der Waals surface area contributed by atoms with Gasteiger partial charge in [-0.15, -0.1) is 0 Å². The number of rotatable bonds is 2. The summed E-state index contributed by atoms with van der Waals surface area (Å²) in [6.07, 6.45) is 1.05. The monoisotopic (exact) mass is 256 g/mol. The Balaban J connectivity index is 2.02. The van der Waals surface area contributed by atoms with Gasteiger partial charge in [-0.05, 0) is 18.9 Å². The van der Waals surface area contributed by atoms with Crippen molar-refractivity contribution in [2.24, 2.45) is 0 Å². The van der Waals surface area contributed by atoms with E-state index in [9.17, 15) is 0 Å². The molecule has 19 heavy (non-hydrogen) atoms. The molecule has 4 heteroatoms. The lowest BCUT2D eigenvalue weighted by molar-refractivity contribution is 0.475. The average Bonchev–Trinajstić information content (AvgIpc) is 2.82. The van der Waals surface area contributed by atoms with Gasteiger partial charge < -0.3 is 5.32 Å². The normalized spacial score (nSPS) is 18.2. The van der Waals surface area contributed by atoms with Crippen molar-refractivity contribution in [1.29, 1.82) is 0 Å². The molecular formula is C15H20N4. The molecule has 1 N–H and O–H groups in total. The van der Waals surface area contributed by atoms with Crippen LogP contribution < -0.4 is 5.32 Å². The van der Waals surface area contributed by atoms with Gasteiger partial charge in [0, 0.05) is 12.5 Å². The van der Waals surface area contributed by atoms with Crippen molar-refractivity contribution in [2.45, 2.75) is 39.2 Å². The van der Waals surface area contributed by atoms with Gasteiger partial charge in [-0.2, -0.15) is 10.1 Å². The predicted octanol–water partition coefficient (Wildman–Crippen LogP) is 3.11. The molecule has 0 aliphatic carbocycles. The molecule has 1 unspecified atom stereocenters. The molecule has 3 rings (SSSR count). The molecule has 0 bridgehead atoms. The van der Waals surface area contributed by atoms with E-state index in [1.165, 1.54) is 11.1 Å². The minimum absolute atomic E-state index is 0.302. The van der Waals surface area contributed by atoms with Crippen LogP contribution in [0.4, 0.5) is 5.95 Å². The first-order valence-corrected chi connectivity index (χ1v) is 6.92. The summed E-state index contributed by atoms with van der Waals surface area (Å²) < 4.78 is 2.05. The fourth-order valence-electron chi connectivity index (χ4n) is 2.55. The van der Waals surface area contributed by atoms with Crippen molar-refractivity contribution in [3.63, 3.8) is 0 Å². The summed E-state index contributed by atoms with van der Waals surface area (Å²) in [5.41, 5.74) is 2.62. The largest absolute Gasteiger partial charge is 0.354 e. The standard InChI is InChI=1S/C15H20N4/c1-10(2)14-17-15-16-8-7-13(19(15)18-14)12-6-4-5-11(3)9-12/h4-6,9-10,13H,7-8H2,1-3H3,(H,16,17,18). The zero-order chi connectivity index (χ0) is 13.4. The molecule has 0 radical (unpaired) electrons. The third-order valence-corrected chi connectivity index (χ3v) is 3.59. The summed E-state index contributed by atoms with van der Waals surface area (Å²) in [4.78, 5) is 4.59. The van der Waals surface area contributed by atoms with Crippen molar-refractivity contribution in [2.75, 3.05) is 11.9 Å². The Hall–Kier alpha value is -1.84. The smallest absolute Gasteiger partial charge is 0.221 e. The van der Waals surface area contributed by atoms with E-state index in [1.54, 1.807) is 0 Å². The van der Waals surface area contributed by atoms with Crippen LogP contribution in [0.5, 0.6) is 0 Å². The van der Waals surface area contributed by atoms with E-state index in [-0.39, 0.29) is 0 Å². The molecule has 0 spiro atoms. The summed E-state index contributed by atoms with van der Waals surface area (Å²) in [5, 5.41) is 8.02. The number of fused-ring (bicyclic) bond motifs is 1. The van der Waals surface area contributed by atoms with E-state index < -0.39 is 0 Å². The number of hydrogen-bond donors (Lipinski definition) is 1. The maximum Gasteiger partial charge on any atom is 0.221 e. The summed E-state index contributed by atoms with van der Waals surface area (Å²) in [5.74, 6) is 2.18. The third kappa shape index (κ3) is 2.23. The average molecular weight is 256 g/mol. The van der Waals surface area contributed by atoms with E-state index in [1.807, 2.05) is 4.68 Å². The zero-order valence-electron chi connectivity index (χ0n) is 11.7. The van der Waals surface area contributed by atoms with Gasteiger partial charge >= 0.3 is 0 Å². The van der Waals surface area contributed by atoms with Crippen LogP contribution in [0.2, 0.25) is 0 Å². The van der Waals surface area contributed by atoms with E-state index in [0.717, 1.165) is 24.7 Å². The molecule has 2 heterocycles. The van der Waals surface area contributed by atoms with Crippen molar-refractivity contribution < 1.29 is 0 Å². The molecule has 2 aromatic rings. The van der Waals surface area contributed by atoms with Crippen LogP contribution in [0.3, 0.4) is 0 Å². The maximum atomic E-state index is 4.68. The quantitative estimate of drug-likeness (QED) is 0.897. The lowest BCUT2D eigenvalue weighted by Crippen LogP contribution is -2.24. The number of benzene rings is 1. The third-order valence-electron chi connectivity index (χ3n) is 3.59. The molecule has 100 valence electrons. The van der Waals surface area contributed by atoms with E-state index in [4.69, 9.17) is 0 Å². The first-order chi connectivity index (χ1) is 9.15. The molecule has 1 aromatic carbocycles. The highest BCUT2D eigenvalue weighted by Gasteiger charge is 2.24. The van der Waals surface area contributed by atoms with Gasteiger partial charge in [-0.25, -0.2) is 4.68 Å². The Morgan fingerprint density at radius 3 is 2.95 bits per heavy atom. The van der Waals surface area contributed by atoms with Gasteiger partial charge in [0.25, 0.3) is 0 Å². The van der Waals surface area contributed by atoms with Crippen LogP contribution in [0, 0.1) is 6.92 Å². The fraction of sp³-hybridized carbons (Fsp3) is 0.467. The summed E-state index contributed by atoms with van der Waals surface area (Å²) in [6, 6.07) is 8.98. The Bertz CT molecular complexity index is 586. The lowest BCUT2D eigenvalue weighted by Gasteiger charge is -2.24. The molecule has 1 aliphatic heterocycles. The molecule has 0 fully saturated rings. The van der Waals surface area contributed by atoms with Crippen molar-refractivity contribution in [3.05, 3.63) is 41.2 Å². The molecule has 0 amide bonds. The second-order valence-corrected chi connectivity index (χ2v) is 5.54. The second-order valence-electron chi connectivity index (χ2n) is 5.54. The van der Waals surface area contributed by atoms with Gasteiger partial charge in [0.2, 0.25) is 5.95 Å². The van der Waals surface area contributed by atoms with Gasteiger partial charge in [0.05, 0.1) is 6.04 Å². The number of nitrogens with zero attached hydrogens (tertiary/aromatic N) is 3. The van der Waals surface area contributed by atoms with Crippen molar-refractivity contribution >= 4 is 5.95 Å². The Labute approximate surface area is 113 Å². The topological polar surface area (TPSA) is 42.7 Å². The zero-order valence-corrected chi connectivity index (χ0v) is 11.7. The molecular weight excluding hydrogens is 236 g/mol. The Morgan fingerprint density at radius 1 is 1.37 bits per heavy atom. The lowest BCUT2D eigenvalue weighted by atomic mass is 10.0. The highest BCUT2D eigenvalue weighted by atomic mass is 15.4. The van der Waals surface area contributed by atoms with E-state index in [0.29, 0.717) is 12.0 Å². The highest BCUT2D eigenvalue weighted by Crippen LogP contribution is 2.29. The number of aromatic nitrogens is 3. The van der Waals surface area contributed by atoms with Crippen LogP contribution >= 0.6 is 0 Å². The molecule has 1 aromatic heterocycles. The van der Waals surface area contributed by atoms with Crippen LogP contribution in [0.25, 0.3) is 0 Å². The Kier molecular flexibility index (Phi) is 3.01. The van der Waals surface area contributed by atoms with Crippen LogP contribution in [-0.2, 0) is 0 Å². The maximum absolute atomic E-state index is 4.68. The van der Waals surface area contributed by atoms with Gasteiger partial charge in [0.15, 0.2) is 5.82 Å². The first-order valence-electron chi connectivity index (χ1n) is 6.92. The number of anilines is 1. The van der Waals surface area contributed by atoms with Gasteiger partial charge in [0.1, 0.15) is 0 Å². The molecule has 4 nitrogen and oxygen atoms in total. The molecule has 1 aliphatic rings. The summed E-state index contributed by atoms with van der Waals surface area (Å²) in [6.45, 7) is 7.34. The van der Waals surface area contributed by atoms with Crippen LogP contribution in [0.1, 0.15) is 49.2 Å². The summed E-state index contributed by atoms with van der Waals surface area (Å²) >= 11 is 0. The van der Waals surface area contributed by atoms with Gasteiger partial charge in [-0.3, -0.25) is 0 Å². The second kappa shape index (κ2) is 4.68. The number of hydrogen-bond acceptors (Lipinski definition) is 3.